The van der Waals surface area contributed by atoms with Crippen molar-refractivity contribution in [2.75, 3.05) is 0 Å². The van der Waals surface area contributed by atoms with E-state index >= 15 is 0 Å². The molecular weight excluding hydrogens is 264 g/mol. The number of nitrogens with zero attached hydrogens (tertiary/aromatic N) is 1. The van der Waals surface area contributed by atoms with E-state index in [0.717, 1.165) is 12.0 Å². The lowest BCUT2D eigenvalue weighted by molar-refractivity contribution is 0.650. The van der Waals surface area contributed by atoms with Gasteiger partial charge in [-0.05, 0) is 18.1 Å². The lowest BCUT2D eigenvalue weighted by Gasteiger charge is -2.17. The van der Waals surface area contributed by atoms with Crippen LogP contribution in [0.1, 0.15) is 6.42 Å². The predicted molar refractivity (Wildman–Crippen MR) is 66.7 cm³/mol. The van der Waals surface area contributed by atoms with Gasteiger partial charge in [-0.3, -0.25) is 0 Å². The van der Waals surface area contributed by atoms with Crippen molar-refractivity contribution < 1.29 is 0 Å². The Bertz CT molecular complexity index is 491. The summed E-state index contributed by atoms with van der Waals surface area (Å²) < 4.78 is 0. The molecule has 16 heavy (non-hydrogen) atoms. The van der Waals surface area contributed by atoms with Crippen LogP contribution < -0.4 is 5.32 Å². The number of allylic oxidation sites excluding steroid dienone is 5. The topological polar surface area (TPSA) is 35.8 Å². The van der Waals surface area contributed by atoms with Gasteiger partial charge in [0.2, 0.25) is 0 Å². The first kappa shape index (κ1) is 9.92. The van der Waals surface area contributed by atoms with Gasteiger partial charge >= 0.3 is 0 Å². The summed E-state index contributed by atoms with van der Waals surface area (Å²) in [6.07, 6.45) is 11.6. The first-order chi connectivity index (χ1) is 7.78. The van der Waals surface area contributed by atoms with Crippen molar-refractivity contribution in [3.63, 3.8) is 0 Å². The molecule has 3 aliphatic rings. The van der Waals surface area contributed by atoms with E-state index in [1.54, 1.807) is 0 Å². The molecule has 0 aromatic rings. The number of hydrogen-bond donors (Lipinski definition) is 1. The number of rotatable bonds is 0. The van der Waals surface area contributed by atoms with Crippen LogP contribution in [0.4, 0.5) is 0 Å². The van der Waals surface area contributed by atoms with Crippen molar-refractivity contribution in [2.45, 2.75) is 17.3 Å². The molecule has 1 N–H and O–H groups in total. The molecule has 2 aliphatic carbocycles. The standard InChI is InChI=1S/C13H11BrN2/c14-9-2-4-13-11(6-9)10-5-8(7-15)1-3-12(10)16-13/h1,3-6,9-10,12,16H,2H2. The van der Waals surface area contributed by atoms with Gasteiger partial charge in [0.25, 0.3) is 0 Å². The Morgan fingerprint density at radius 2 is 2.31 bits per heavy atom. The molecule has 0 bridgehead atoms. The minimum Gasteiger partial charge on any atom is -0.378 e. The number of nitrogens with one attached hydrogen (secondary N) is 1. The highest BCUT2D eigenvalue weighted by atomic mass is 79.9. The van der Waals surface area contributed by atoms with Crippen molar-refractivity contribution >= 4 is 15.9 Å². The second-order valence-electron chi connectivity index (χ2n) is 4.28. The molecule has 0 saturated carbocycles. The zero-order valence-electron chi connectivity index (χ0n) is 8.65. The third-order valence-corrected chi connectivity index (χ3v) is 3.90. The molecular formula is C13H11BrN2. The molecule has 0 aromatic carbocycles. The number of nitriles is 1. The fraction of sp³-hybridized carbons (Fsp3) is 0.308. The largest absolute Gasteiger partial charge is 0.378 e. The molecule has 1 saturated heterocycles. The average Bonchev–Trinajstić information content (AvgIpc) is 2.66. The summed E-state index contributed by atoms with van der Waals surface area (Å²) in [6, 6.07) is 2.54. The first-order valence-corrected chi connectivity index (χ1v) is 6.32. The summed E-state index contributed by atoms with van der Waals surface area (Å²) in [7, 11) is 0. The quantitative estimate of drug-likeness (QED) is 0.690. The molecule has 0 spiro atoms. The van der Waals surface area contributed by atoms with Gasteiger partial charge in [0.15, 0.2) is 0 Å². The van der Waals surface area contributed by atoms with E-state index in [-0.39, 0.29) is 0 Å². The highest BCUT2D eigenvalue weighted by Crippen LogP contribution is 2.38. The van der Waals surface area contributed by atoms with Crippen LogP contribution in [-0.4, -0.2) is 10.9 Å². The summed E-state index contributed by atoms with van der Waals surface area (Å²) in [5.74, 6) is 0.325. The van der Waals surface area contributed by atoms with E-state index < -0.39 is 0 Å². The van der Waals surface area contributed by atoms with Crippen LogP contribution in [0.15, 0.2) is 47.2 Å². The Balaban J connectivity index is 2.01. The molecule has 1 heterocycles. The van der Waals surface area contributed by atoms with Gasteiger partial charge in [0, 0.05) is 22.0 Å². The molecule has 80 valence electrons. The number of halogens is 1. The van der Waals surface area contributed by atoms with Crippen LogP contribution in [0.2, 0.25) is 0 Å². The third-order valence-electron chi connectivity index (χ3n) is 3.26. The number of hydrogen-bond acceptors (Lipinski definition) is 2. The summed E-state index contributed by atoms with van der Waals surface area (Å²) in [4.78, 5) is 0.427. The minimum atomic E-state index is 0.325. The summed E-state index contributed by atoms with van der Waals surface area (Å²) in [5, 5.41) is 12.4. The Morgan fingerprint density at radius 1 is 1.44 bits per heavy atom. The van der Waals surface area contributed by atoms with Crippen molar-refractivity contribution in [2.24, 2.45) is 5.92 Å². The SMILES string of the molecule is N#CC1=CC2C3=CC(Br)CC=C3NC2C=C1. The van der Waals surface area contributed by atoms with Crippen molar-refractivity contribution in [1.82, 2.24) is 5.32 Å². The fourth-order valence-electron chi connectivity index (χ4n) is 2.49. The van der Waals surface area contributed by atoms with Crippen LogP contribution in [0.25, 0.3) is 0 Å². The van der Waals surface area contributed by atoms with E-state index in [0.29, 0.717) is 16.8 Å². The molecule has 3 unspecified atom stereocenters. The van der Waals surface area contributed by atoms with Gasteiger partial charge in [-0.1, -0.05) is 40.2 Å². The van der Waals surface area contributed by atoms with E-state index in [1.165, 1.54) is 11.3 Å². The molecule has 0 aromatic heterocycles. The smallest absolute Gasteiger partial charge is 0.0988 e. The van der Waals surface area contributed by atoms with Gasteiger partial charge in [-0.2, -0.15) is 5.26 Å². The Labute approximate surface area is 103 Å². The second kappa shape index (κ2) is 3.64. The molecule has 2 nitrogen and oxygen atoms in total. The highest BCUT2D eigenvalue weighted by Gasteiger charge is 2.35. The van der Waals surface area contributed by atoms with Crippen LogP contribution in [0.5, 0.6) is 0 Å². The Morgan fingerprint density at radius 3 is 3.12 bits per heavy atom. The van der Waals surface area contributed by atoms with Gasteiger partial charge in [-0.25, -0.2) is 0 Å². The molecule has 0 amide bonds. The second-order valence-corrected chi connectivity index (χ2v) is 5.46. The normalized spacial score (nSPS) is 35.0. The van der Waals surface area contributed by atoms with Gasteiger partial charge in [0.1, 0.15) is 0 Å². The lowest BCUT2D eigenvalue weighted by atomic mass is 9.87. The van der Waals surface area contributed by atoms with Crippen molar-refractivity contribution in [3.8, 4) is 6.07 Å². The van der Waals surface area contributed by atoms with Crippen LogP contribution in [-0.2, 0) is 0 Å². The van der Waals surface area contributed by atoms with E-state index in [1.807, 2.05) is 6.08 Å². The lowest BCUT2D eigenvalue weighted by Crippen LogP contribution is -2.24. The number of alkyl halides is 1. The molecule has 3 rings (SSSR count). The van der Waals surface area contributed by atoms with Crippen molar-refractivity contribution in [1.29, 1.82) is 5.26 Å². The fourth-order valence-corrected chi connectivity index (χ4v) is 2.96. The minimum absolute atomic E-state index is 0.325. The molecule has 1 fully saturated rings. The average molecular weight is 275 g/mol. The molecule has 0 radical (unpaired) electrons. The van der Waals surface area contributed by atoms with Gasteiger partial charge in [0.05, 0.1) is 12.1 Å². The van der Waals surface area contributed by atoms with Crippen LogP contribution >= 0.6 is 15.9 Å². The molecule has 3 atom stereocenters. The highest BCUT2D eigenvalue weighted by molar-refractivity contribution is 9.09. The first-order valence-electron chi connectivity index (χ1n) is 5.41. The maximum atomic E-state index is 8.93. The van der Waals surface area contributed by atoms with Crippen LogP contribution in [0.3, 0.4) is 0 Å². The van der Waals surface area contributed by atoms with E-state index in [9.17, 15) is 0 Å². The van der Waals surface area contributed by atoms with Crippen molar-refractivity contribution in [3.05, 3.63) is 47.2 Å². The molecule has 3 heteroatoms. The summed E-state index contributed by atoms with van der Waals surface area (Å²) in [6.45, 7) is 0. The Hall–Kier alpha value is -1.27. The maximum absolute atomic E-state index is 8.93. The van der Waals surface area contributed by atoms with E-state index in [4.69, 9.17) is 5.26 Å². The Kier molecular flexibility index (Phi) is 2.26. The van der Waals surface area contributed by atoms with Gasteiger partial charge in [-0.15, -0.1) is 0 Å². The maximum Gasteiger partial charge on any atom is 0.0988 e. The predicted octanol–water partition coefficient (Wildman–Crippen LogP) is 2.57. The third kappa shape index (κ3) is 1.45. The molecule has 1 aliphatic heterocycles. The summed E-state index contributed by atoms with van der Waals surface area (Å²) >= 11 is 3.62. The monoisotopic (exact) mass is 274 g/mol. The zero-order chi connectivity index (χ0) is 11.1. The van der Waals surface area contributed by atoms with E-state index in [2.05, 4.69) is 51.6 Å². The summed E-state index contributed by atoms with van der Waals surface area (Å²) in [5.41, 5.74) is 3.34. The van der Waals surface area contributed by atoms with Gasteiger partial charge < -0.3 is 5.32 Å². The number of fused-ring (bicyclic) bond motifs is 3. The van der Waals surface area contributed by atoms with Crippen LogP contribution in [0, 0.1) is 17.2 Å². The zero-order valence-corrected chi connectivity index (χ0v) is 10.2.